The van der Waals surface area contributed by atoms with E-state index in [0.29, 0.717) is 29.7 Å². The molecule has 1 N–H and O–H groups in total. The molecule has 130 valence electrons. The van der Waals surface area contributed by atoms with Gasteiger partial charge in [0.25, 0.3) is 5.91 Å². The van der Waals surface area contributed by atoms with E-state index < -0.39 is 0 Å². The molecule has 1 atom stereocenters. The predicted molar refractivity (Wildman–Crippen MR) is 95.6 cm³/mol. The molecule has 2 aromatic heterocycles. The maximum atomic E-state index is 12.6. The third-order valence-corrected chi connectivity index (χ3v) is 5.53. The highest BCUT2D eigenvalue weighted by atomic mass is 32.1. The number of hydrogen-bond acceptors (Lipinski definition) is 5. The zero-order valence-electron chi connectivity index (χ0n) is 13.9. The minimum atomic E-state index is -0.187. The number of anilines is 1. The van der Waals surface area contributed by atoms with Crippen LogP contribution in [0.5, 0.6) is 0 Å². The van der Waals surface area contributed by atoms with Gasteiger partial charge in [0.1, 0.15) is 0 Å². The van der Waals surface area contributed by atoms with Crippen molar-refractivity contribution in [2.24, 2.45) is 5.92 Å². The number of amides is 2. The van der Waals surface area contributed by atoms with Crippen LogP contribution >= 0.6 is 11.3 Å². The van der Waals surface area contributed by atoms with Crippen molar-refractivity contribution in [3.8, 4) is 0 Å². The molecule has 0 aromatic carbocycles. The summed E-state index contributed by atoms with van der Waals surface area (Å²) in [6, 6.07) is 3.42. The number of rotatable bonds is 4. The predicted octanol–water partition coefficient (Wildman–Crippen LogP) is 2.91. The van der Waals surface area contributed by atoms with Crippen LogP contribution in [0.15, 0.2) is 29.9 Å². The van der Waals surface area contributed by atoms with Gasteiger partial charge in [0.2, 0.25) is 5.91 Å². The Morgan fingerprint density at radius 1 is 1.20 bits per heavy atom. The molecule has 1 aliphatic carbocycles. The Balaban J connectivity index is 1.38. The molecule has 0 spiro atoms. The summed E-state index contributed by atoms with van der Waals surface area (Å²) in [5, 5.41) is 5.64. The number of hydrogen-bond donors (Lipinski definition) is 1. The summed E-state index contributed by atoms with van der Waals surface area (Å²) in [7, 11) is 0. The molecule has 7 heteroatoms. The zero-order chi connectivity index (χ0) is 17.2. The van der Waals surface area contributed by atoms with Crippen LogP contribution in [0, 0.1) is 5.92 Å². The number of nitrogens with zero attached hydrogens (tertiary/aromatic N) is 3. The van der Waals surface area contributed by atoms with Gasteiger partial charge in [0.05, 0.1) is 11.6 Å². The molecule has 25 heavy (non-hydrogen) atoms. The van der Waals surface area contributed by atoms with Gasteiger partial charge in [0, 0.05) is 42.3 Å². The number of thiazole rings is 1. The van der Waals surface area contributed by atoms with Gasteiger partial charge in [-0.1, -0.05) is 0 Å². The van der Waals surface area contributed by atoms with E-state index in [0.717, 1.165) is 18.5 Å². The first-order valence-electron chi connectivity index (χ1n) is 8.66. The van der Waals surface area contributed by atoms with Crippen molar-refractivity contribution in [2.75, 3.05) is 18.4 Å². The molecule has 0 radical (unpaired) electrons. The SMILES string of the molecule is O=C(Nc1nc(C2CC2)cs1)[C@@H]1CCCN(C(=O)c2ccncc2)C1. The lowest BCUT2D eigenvalue weighted by molar-refractivity contribution is -0.121. The monoisotopic (exact) mass is 356 g/mol. The summed E-state index contributed by atoms with van der Waals surface area (Å²) >= 11 is 1.48. The fourth-order valence-corrected chi connectivity index (χ4v) is 3.97. The van der Waals surface area contributed by atoms with Gasteiger partial charge in [-0.15, -0.1) is 11.3 Å². The summed E-state index contributed by atoms with van der Waals surface area (Å²) in [5.41, 5.74) is 1.71. The van der Waals surface area contributed by atoms with Gasteiger partial charge in [0.15, 0.2) is 5.13 Å². The van der Waals surface area contributed by atoms with Crippen molar-refractivity contribution in [2.45, 2.75) is 31.6 Å². The Bertz CT molecular complexity index is 772. The van der Waals surface area contributed by atoms with E-state index in [9.17, 15) is 9.59 Å². The first kappa shape index (κ1) is 16.2. The van der Waals surface area contributed by atoms with Crippen LogP contribution in [0.3, 0.4) is 0 Å². The topological polar surface area (TPSA) is 75.2 Å². The van der Waals surface area contributed by atoms with Gasteiger partial charge in [-0.3, -0.25) is 14.6 Å². The quantitative estimate of drug-likeness (QED) is 0.914. The molecule has 1 saturated carbocycles. The standard InChI is InChI=1S/C18H20N4O2S/c23-16(21-18-20-15(11-25-18)12-3-4-12)14-2-1-9-22(10-14)17(24)13-5-7-19-8-6-13/h5-8,11-12,14H,1-4,9-10H2,(H,20,21,23)/t14-/m1/s1. The molecule has 0 unspecified atom stereocenters. The highest BCUT2D eigenvalue weighted by Crippen LogP contribution is 2.40. The highest BCUT2D eigenvalue weighted by molar-refractivity contribution is 7.13. The summed E-state index contributed by atoms with van der Waals surface area (Å²) in [6.45, 7) is 1.14. The molecule has 2 fully saturated rings. The minimum Gasteiger partial charge on any atom is -0.338 e. The maximum Gasteiger partial charge on any atom is 0.253 e. The van der Waals surface area contributed by atoms with Crippen LogP contribution in [0.25, 0.3) is 0 Å². The molecule has 2 amide bonds. The van der Waals surface area contributed by atoms with Crippen LogP contribution in [-0.4, -0.2) is 39.8 Å². The summed E-state index contributed by atoms with van der Waals surface area (Å²) in [6.07, 6.45) is 7.26. The Morgan fingerprint density at radius 3 is 2.76 bits per heavy atom. The van der Waals surface area contributed by atoms with E-state index in [2.05, 4.69) is 15.3 Å². The first-order valence-corrected chi connectivity index (χ1v) is 9.54. The number of likely N-dealkylation sites (tertiary alicyclic amines) is 1. The third-order valence-electron chi connectivity index (χ3n) is 4.75. The second-order valence-corrected chi connectivity index (χ2v) is 7.53. The average Bonchev–Trinajstić information content (AvgIpc) is 3.41. The van der Waals surface area contributed by atoms with E-state index in [1.807, 2.05) is 5.38 Å². The molecular formula is C18H20N4O2S. The fraction of sp³-hybridized carbons (Fsp3) is 0.444. The summed E-state index contributed by atoms with van der Waals surface area (Å²) < 4.78 is 0. The van der Waals surface area contributed by atoms with Crippen LogP contribution in [-0.2, 0) is 4.79 Å². The second-order valence-electron chi connectivity index (χ2n) is 6.67. The molecule has 6 nitrogen and oxygen atoms in total. The average molecular weight is 356 g/mol. The molecule has 4 rings (SSSR count). The van der Waals surface area contributed by atoms with Gasteiger partial charge in [-0.2, -0.15) is 0 Å². The Hall–Kier alpha value is -2.28. The fourth-order valence-electron chi connectivity index (χ4n) is 3.17. The largest absolute Gasteiger partial charge is 0.338 e. The Morgan fingerprint density at radius 2 is 2.00 bits per heavy atom. The zero-order valence-corrected chi connectivity index (χ0v) is 14.7. The first-order chi connectivity index (χ1) is 12.2. The lowest BCUT2D eigenvalue weighted by Gasteiger charge is -2.31. The van der Waals surface area contributed by atoms with Crippen LogP contribution in [0.2, 0.25) is 0 Å². The number of nitrogens with one attached hydrogen (secondary N) is 1. The lowest BCUT2D eigenvalue weighted by atomic mass is 9.96. The smallest absolute Gasteiger partial charge is 0.253 e. The van der Waals surface area contributed by atoms with Crippen molar-refractivity contribution in [3.63, 3.8) is 0 Å². The highest BCUT2D eigenvalue weighted by Gasteiger charge is 2.30. The number of piperidine rings is 1. The normalized spacial score (nSPS) is 20.3. The van der Waals surface area contributed by atoms with Crippen LogP contribution in [0.4, 0.5) is 5.13 Å². The molecule has 1 aliphatic heterocycles. The molecular weight excluding hydrogens is 336 g/mol. The summed E-state index contributed by atoms with van der Waals surface area (Å²) in [4.78, 5) is 35.4. The Kier molecular flexibility index (Phi) is 4.48. The Labute approximate surface area is 150 Å². The number of carbonyl (C=O) groups is 2. The van der Waals surface area contributed by atoms with E-state index >= 15 is 0 Å². The van der Waals surface area contributed by atoms with Crippen LogP contribution < -0.4 is 5.32 Å². The molecule has 3 heterocycles. The van der Waals surface area contributed by atoms with Gasteiger partial charge in [-0.25, -0.2) is 4.98 Å². The van der Waals surface area contributed by atoms with Crippen molar-refractivity contribution < 1.29 is 9.59 Å². The molecule has 1 saturated heterocycles. The molecule has 0 bridgehead atoms. The molecule has 2 aromatic rings. The third kappa shape index (κ3) is 3.71. The van der Waals surface area contributed by atoms with Crippen molar-refractivity contribution in [1.29, 1.82) is 0 Å². The van der Waals surface area contributed by atoms with E-state index in [1.165, 1.54) is 24.2 Å². The van der Waals surface area contributed by atoms with Gasteiger partial charge < -0.3 is 10.2 Å². The lowest BCUT2D eigenvalue weighted by Crippen LogP contribution is -2.43. The van der Waals surface area contributed by atoms with Crippen molar-refractivity contribution >= 4 is 28.3 Å². The van der Waals surface area contributed by atoms with E-state index in [-0.39, 0.29) is 17.7 Å². The van der Waals surface area contributed by atoms with E-state index in [1.54, 1.807) is 29.4 Å². The number of aromatic nitrogens is 2. The number of carbonyl (C=O) groups excluding carboxylic acids is 2. The molecule has 2 aliphatic rings. The van der Waals surface area contributed by atoms with Crippen LogP contribution in [0.1, 0.15) is 47.7 Å². The maximum absolute atomic E-state index is 12.6. The van der Waals surface area contributed by atoms with Crippen molar-refractivity contribution in [3.05, 3.63) is 41.2 Å². The summed E-state index contributed by atoms with van der Waals surface area (Å²) in [5.74, 6) is 0.326. The number of pyridine rings is 1. The van der Waals surface area contributed by atoms with Gasteiger partial charge in [-0.05, 0) is 37.8 Å². The van der Waals surface area contributed by atoms with Gasteiger partial charge >= 0.3 is 0 Å². The van der Waals surface area contributed by atoms with E-state index in [4.69, 9.17) is 0 Å². The minimum absolute atomic E-state index is 0.0369. The van der Waals surface area contributed by atoms with Crippen molar-refractivity contribution in [1.82, 2.24) is 14.9 Å². The second kappa shape index (κ2) is 6.92.